The molecule has 1 aromatic heterocycles. The number of aromatic amines is 1. The van der Waals surface area contributed by atoms with Gasteiger partial charge in [0.15, 0.2) is 0 Å². The Hall–Kier alpha value is -3.86. The van der Waals surface area contributed by atoms with Crippen LogP contribution in [0.4, 0.5) is 10.5 Å². The number of anilines is 1. The van der Waals surface area contributed by atoms with Gasteiger partial charge in [0.05, 0.1) is 6.54 Å². The van der Waals surface area contributed by atoms with Gasteiger partial charge in [0, 0.05) is 23.3 Å². The van der Waals surface area contributed by atoms with E-state index in [-0.39, 0.29) is 18.1 Å². The summed E-state index contributed by atoms with van der Waals surface area (Å²) in [6, 6.07) is 27.1. The first kappa shape index (κ1) is 21.4. The number of nitrogens with zero attached hydrogens (tertiary/aromatic N) is 1. The Bertz CT molecular complexity index is 1250. The third kappa shape index (κ3) is 5.24. The molecule has 3 aromatic carbocycles. The lowest BCUT2D eigenvalue weighted by atomic mass is 10.1. The molecule has 0 radical (unpaired) electrons. The number of rotatable bonds is 7. The first-order chi connectivity index (χ1) is 15.6. The maximum absolute atomic E-state index is 13.1. The number of nitrogens with one attached hydrogen (secondary N) is 2. The molecule has 2 amide bonds. The third-order valence-electron chi connectivity index (χ3n) is 5.58. The molecule has 4 aromatic rings. The van der Waals surface area contributed by atoms with E-state index >= 15 is 0 Å². The van der Waals surface area contributed by atoms with Crippen LogP contribution in [0, 0.1) is 0 Å². The lowest BCUT2D eigenvalue weighted by Gasteiger charge is -2.23. The van der Waals surface area contributed by atoms with E-state index in [1.165, 1.54) is 5.56 Å². The molecule has 4 rings (SSSR count). The van der Waals surface area contributed by atoms with Crippen molar-refractivity contribution in [3.05, 3.63) is 112 Å². The molecule has 1 heterocycles. The Kier molecular flexibility index (Phi) is 6.66. The van der Waals surface area contributed by atoms with E-state index in [9.17, 15) is 9.59 Å². The Balaban J connectivity index is 1.60. The van der Waals surface area contributed by atoms with Crippen molar-refractivity contribution in [2.45, 2.75) is 26.3 Å². The van der Waals surface area contributed by atoms with Crippen LogP contribution in [0.2, 0.25) is 0 Å². The highest BCUT2D eigenvalue weighted by Crippen LogP contribution is 2.16. The van der Waals surface area contributed by atoms with Crippen LogP contribution in [0.1, 0.15) is 23.6 Å². The summed E-state index contributed by atoms with van der Waals surface area (Å²) in [6.45, 7) is 2.83. The van der Waals surface area contributed by atoms with Crippen molar-refractivity contribution in [2.75, 3.05) is 11.9 Å². The molecule has 5 heteroatoms. The molecule has 0 unspecified atom stereocenters. The van der Waals surface area contributed by atoms with Gasteiger partial charge in [0.2, 0.25) is 0 Å². The second kappa shape index (κ2) is 9.96. The van der Waals surface area contributed by atoms with Gasteiger partial charge in [0.25, 0.3) is 5.56 Å². The molecule has 32 heavy (non-hydrogen) atoms. The molecule has 0 fully saturated rings. The smallest absolute Gasteiger partial charge is 0.322 e. The highest BCUT2D eigenvalue weighted by Gasteiger charge is 2.17. The van der Waals surface area contributed by atoms with Gasteiger partial charge >= 0.3 is 6.03 Å². The van der Waals surface area contributed by atoms with Crippen LogP contribution in [0.3, 0.4) is 0 Å². The number of urea groups is 1. The molecule has 162 valence electrons. The Morgan fingerprint density at radius 3 is 2.34 bits per heavy atom. The van der Waals surface area contributed by atoms with Crippen LogP contribution < -0.4 is 10.9 Å². The average Bonchev–Trinajstić information content (AvgIpc) is 2.83. The predicted octanol–water partition coefficient (Wildman–Crippen LogP) is 5.37. The number of hydrogen-bond donors (Lipinski definition) is 2. The van der Waals surface area contributed by atoms with Crippen LogP contribution >= 0.6 is 0 Å². The standard InChI is InChI=1S/C27H27N3O2/c1-2-20-13-14-25-22(17-20)18-23(26(31)29-25)19-30(16-15-21-9-5-3-6-10-21)27(32)28-24-11-7-4-8-12-24/h3-14,17-18H,2,15-16,19H2,1H3,(H,28,32)(H,29,31). The SMILES string of the molecule is CCc1ccc2[nH]c(=O)c(CN(CCc3ccccc3)C(=O)Nc3ccccc3)cc2c1. The first-order valence-electron chi connectivity index (χ1n) is 10.9. The van der Waals surface area contributed by atoms with Crippen molar-refractivity contribution in [3.8, 4) is 0 Å². The van der Waals surface area contributed by atoms with E-state index in [0.717, 1.165) is 28.6 Å². The molecular formula is C27H27N3O2. The van der Waals surface area contributed by atoms with Crippen molar-refractivity contribution < 1.29 is 4.79 Å². The van der Waals surface area contributed by atoms with Gasteiger partial charge in [-0.1, -0.05) is 61.5 Å². The van der Waals surface area contributed by atoms with E-state index in [1.54, 1.807) is 4.90 Å². The van der Waals surface area contributed by atoms with Gasteiger partial charge in [-0.05, 0) is 59.7 Å². The number of benzene rings is 3. The molecule has 0 saturated heterocycles. The van der Waals surface area contributed by atoms with Crippen molar-refractivity contribution in [1.82, 2.24) is 9.88 Å². The van der Waals surface area contributed by atoms with E-state index in [1.807, 2.05) is 78.9 Å². The number of aromatic nitrogens is 1. The number of carbonyl (C=O) groups excluding carboxylic acids is 1. The number of hydrogen-bond acceptors (Lipinski definition) is 2. The fourth-order valence-corrected chi connectivity index (χ4v) is 3.73. The maximum atomic E-state index is 13.1. The van der Waals surface area contributed by atoms with E-state index in [4.69, 9.17) is 0 Å². The number of carbonyl (C=O) groups is 1. The zero-order valence-corrected chi connectivity index (χ0v) is 18.2. The van der Waals surface area contributed by atoms with Crippen LogP contribution in [0.5, 0.6) is 0 Å². The molecule has 2 N–H and O–H groups in total. The summed E-state index contributed by atoms with van der Waals surface area (Å²) < 4.78 is 0. The summed E-state index contributed by atoms with van der Waals surface area (Å²) in [5.74, 6) is 0. The number of para-hydroxylation sites is 1. The summed E-state index contributed by atoms with van der Waals surface area (Å²) in [4.78, 5) is 30.5. The largest absolute Gasteiger partial charge is 0.322 e. The molecule has 0 aliphatic heterocycles. The number of aryl methyl sites for hydroxylation is 1. The van der Waals surface area contributed by atoms with E-state index in [0.29, 0.717) is 18.5 Å². The van der Waals surface area contributed by atoms with Gasteiger partial charge in [0.1, 0.15) is 0 Å². The zero-order chi connectivity index (χ0) is 22.3. The summed E-state index contributed by atoms with van der Waals surface area (Å²) in [5.41, 5.74) is 4.28. The fourth-order valence-electron chi connectivity index (χ4n) is 3.73. The highest BCUT2D eigenvalue weighted by atomic mass is 16.2. The molecule has 0 bridgehead atoms. The first-order valence-corrected chi connectivity index (χ1v) is 10.9. The second-order valence-corrected chi connectivity index (χ2v) is 7.85. The number of pyridine rings is 1. The molecule has 0 atom stereocenters. The molecular weight excluding hydrogens is 398 g/mol. The highest BCUT2D eigenvalue weighted by molar-refractivity contribution is 5.89. The van der Waals surface area contributed by atoms with Crippen LogP contribution in [0.25, 0.3) is 10.9 Å². The third-order valence-corrected chi connectivity index (χ3v) is 5.58. The Morgan fingerprint density at radius 2 is 1.62 bits per heavy atom. The molecule has 5 nitrogen and oxygen atoms in total. The van der Waals surface area contributed by atoms with Crippen molar-refractivity contribution in [3.63, 3.8) is 0 Å². The average molecular weight is 426 g/mol. The van der Waals surface area contributed by atoms with Gasteiger partial charge in [-0.2, -0.15) is 0 Å². The fraction of sp³-hybridized carbons (Fsp3) is 0.185. The Morgan fingerprint density at radius 1 is 0.906 bits per heavy atom. The Labute approximate surface area is 187 Å². The minimum absolute atomic E-state index is 0.168. The van der Waals surface area contributed by atoms with Gasteiger partial charge in [-0.3, -0.25) is 4.79 Å². The number of amides is 2. The molecule has 0 aliphatic rings. The van der Waals surface area contributed by atoms with Crippen LogP contribution in [-0.2, 0) is 19.4 Å². The monoisotopic (exact) mass is 425 g/mol. The van der Waals surface area contributed by atoms with Crippen LogP contribution in [-0.4, -0.2) is 22.5 Å². The quantitative estimate of drug-likeness (QED) is 0.418. The molecule has 0 aliphatic carbocycles. The second-order valence-electron chi connectivity index (χ2n) is 7.85. The summed E-state index contributed by atoms with van der Waals surface area (Å²) in [7, 11) is 0. The van der Waals surface area contributed by atoms with E-state index < -0.39 is 0 Å². The van der Waals surface area contributed by atoms with Crippen molar-refractivity contribution in [2.24, 2.45) is 0 Å². The van der Waals surface area contributed by atoms with Crippen molar-refractivity contribution in [1.29, 1.82) is 0 Å². The molecule has 0 saturated carbocycles. The van der Waals surface area contributed by atoms with Gasteiger partial charge in [-0.15, -0.1) is 0 Å². The topological polar surface area (TPSA) is 65.2 Å². The zero-order valence-electron chi connectivity index (χ0n) is 18.2. The lowest BCUT2D eigenvalue weighted by molar-refractivity contribution is 0.209. The molecule has 0 spiro atoms. The normalized spacial score (nSPS) is 10.8. The van der Waals surface area contributed by atoms with Crippen molar-refractivity contribution >= 4 is 22.6 Å². The summed E-state index contributed by atoms with van der Waals surface area (Å²) in [5, 5.41) is 3.93. The maximum Gasteiger partial charge on any atom is 0.322 e. The summed E-state index contributed by atoms with van der Waals surface area (Å²) in [6.07, 6.45) is 1.63. The summed E-state index contributed by atoms with van der Waals surface area (Å²) >= 11 is 0. The number of fused-ring (bicyclic) bond motifs is 1. The van der Waals surface area contributed by atoms with Gasteiger partial charge < -0.3 is 15.2 Å². The lowest BCUT2D eigenvalue weighted by Crippen LogP contribution is -2.37. The van der Waals surface area contributed by atoms with Crippen LogP contribution in [0.15, 0.2) is 89.7 Å². The minimum atomic E-state index is -0.228. The minimum Gasteiger partial charge on any atom is -0.322 e. The van der Waals surface area contributed by atoms with Gasteiger partial charge in [-0.25, -0.2) is 4.79 Å². The number of H-pyrrole nitrogens is 1. The van der Waals surface area contributed by atoms with E-state index in [2.05, 4.69) is 23.3 Å². The predicted molar refractivity (Wildman–Crippen MR) is 130 cm³/mol.